The van der Waals surface area contributed by atoms with Gasteiger partial charge in [-0.05, 0) is 19.3 Å². The molecule has 2 rings (SSSR count). The van der Waals surface area contributed by atoms with Crippen LogP contribution in [0.5, 0.6) is 0 Å². The summed E-state index contributed by atoms with van der Waals surface area (Å²) in [5, 5.41) is 11.9. The number of aliphatic hydroxyl groups excluding tert-OH is 1. The standard InChI is InChI=1S/C9H16N2O2/c12-7-9(2-3-9)6-11-5-1-4-10-8(11)13/h12H,1-7H2,(H,10,13). The first kappa shape index (κ1) is 8.81. The number of carbonyl (C=O) groups excluding carboxylic acids is 1. The van der Waals surface area contributed by atoms with Crippen molar-refractivity contribution in [3.8, 4) is 0 Å². The van der Waals surface area contributed by atoms with Gasteiger partial charge < -0.3 is 15.3 Å². The van der Waals surface area contributed by atoms with Crippen LogP contribution in [0, 0.1) is 5.41 Å². The van der Waals surface area contributed by atoms with Crippen LogP contribution in [0.1, 0.15) is 19.3 Å². The zero-order chi connectivity index (χ0) is 9.31. The van der Waals surface area contributed by atoms with Crippen molar-refractivity contribution in [1.29, 1.82) is 0 Å². The molecular weight excluding hydrogens is 168 g/mol. The van der Waals surface area contributed by atoms with Gasteiger partial charge in [-0.3, -0.25) is 0 Å². The molecule has 0 bridgehead atoms. The van der Waals surface area contributed by atoms with E-state index in [9.17, 15) is 4.79 Å². The Morgan fingerprint density at radius 1 is 1.54 bits per heavy atom. The van der Waals surface area contributed by atoms with E-state index in [1.165, 1.54) is 0 Å². The molecule has 1 aliphatic carbocycles. The Morgan fingerprint density at radius 3 is 2.85 bits per heavy atom. The number of aliphatic hydroxyl groups is 1. The van der Waals surface area contributed by atoms with E-state index >= 15 is 0 Å². The highest BCUT2D eigenvalue weighted by Crippen LogP contribution is 2.45. The summed E-state index contributed by atoms with van der Waals surface area (Å²) in [5.74, 6) is 0. The number of carbonyl (C=O) groups is 1. The summed E-state index contributed by atoms with van der Waals surface area (Å²) >= 11 is 0. The average molecular weight is 184 g/mol. The lowest BCUT2D eigenvalue weighted by molar-refractivity contribution is 0.141. The lowest BCUT2D eigenvalue weighted by Gasteiger charge is -2.30. The van der Waals surface area contributed by atoms with Crippen molar-refractivity contribution in [1.82, 2.24) is 10.2 Å². The first-order chi connectivity index (χ1) is 6.26. The summed E-state index contributed by atoms with van der Waals surface area (Å²) in [5.41, 5.74) is 0.0503. The molecule has 2 amide bonds. The first-order valence-corrected chi connectivity index (χ1v) is 4.89. The predicted octanol–water partition coefficient (Wildman–Crippen LogP) is 0.174. The fourth-order valence-corrected chi connectivity index (χ4v) is 1.78. The molecule has 0 spiro atoms. The van der Waals surface area contributed by atoms with Crippen LogP contribution in [-0.4, -0.2) is 42.3 Å². The third-order valence-corrected chi connectivity index (χ3v) is 2.99. The molecule has 0 radical (unpaired) electrons. The summed E-state index contributed by atoms with van der Waals surface area (Å²) in [6.45, 7) is 2.58. The van der Waals surface area contributed by atoms with Crippen LogP contribution in [0.25, 0.3) is 0 Å². The van der Waals surface area contributed by atoms with Gasteiger partial charge in [0.15, 0.2) is 0 Å². The van der Waals surface area contributed by atoms with Gasteiger partial charge in [-0.1, -0.05) is 0 Å². The number of nitrogens with zero attached hydrogens (tertiary/aromatic N) is 1. The highest BCUT2D eigenvalue weighted by atomic mass is 16.3. The number of urea groups is 1. The second-order valence-electron chi connectivity index (χ2n) is 4.17. The fraction of sp³-hybridized carbons (Fsp3) is 0.889. The van der Waals surface area contributed by atoms with E-state index in [1.54, 1.807) is 0 Å². The lowest BCUT2D eigenvalue weighted by Crippen LogP contribution is -2.48. The Hall–Kier alpha value is -0.770. The zero-order valence-electron chi connectivity index (χ0n) is 7.75. The van der Waals surface area contributed by atoms with E-state index < -0.39 is 0 Å². The van der Waals surface area contributed by atoms with Gasteiger partial charge in [0.1, 0.15) is 0 Å². The largest absolute Gasteiger partial charge is 0.396 e. The van der Waals surface area contributed by atoms with Gasteiger partial charge in [0.25, 0.3) is 0 Å². The van der Waals surface area contributed by atoms with Gasteiger partial charge >= 0.3 is 6.03 Å². The van der Waals surface area contributed by atoms with Crippen LogP contribution in [0.2, 0.25) is 0 Å². The first-order valence-electron chi connectivity index (χ1n) is 4.89. The molecule has 0 aromatic carbocycles. The molecule has 74 valence electrons. The van der Waals surface area contributed by atoms with E-state index in [-0.39, 0.29) is 18.1 Å². The summed E-state index contributed by atoms with van der Waals surface area (Å²) < 4.78 is 0. The third-order valence-electron chi connectivity index (χ3n) is 2.99. The second-order valence-corrected chi connectivity index (χ2v) is 4.17. The van der Waals surface area contributed by atoms with Gasteiger partial charge in [0.2, 0.25) is 0 Å². The van der Waals surface area contributed by atoms with Gasteiger partial charge in [0, 0.05) is 25.0 Å². The molecule has 0 aromatic rings. The Bertz CT molecular complexity index is 214. The van der Waals surface area contributed by atoms with E-state index in [4.69, 9.17) is 5.11 Å². The molecule has 4 heteroatoms. The van der Waals surface area contributed by atoms with Crippen LogP contribution in [0.4, 0.5) is 4.79 Å². The second kappa shape index (κ2) is 3.18. The normalized spacial score (nSPS) is 25.6. The number of hydrogen-bond acceptors (Lipinski definition) is 2. The molecular formula is C9H16N2O2. The molecule has 1 saturated heterocycles. The predicted molar refractivity (Wildman–Crippen MR) is 48.3 cm³/mol. The molecule has 1 heterocycles. The van der Waals surface area contributed by atoms with Crippen molar-refractivity contribution in [2.75, 3.05) is 26.2 Å². The quantitative estimate of drug-likeness (QED) is 0.657. The maximum absolute atomic E-state index is 11.3. The highest BCUT2D eigenvalue weighted by molar-refractivity contribution is 5.74. The van der Waals surface area contributed by atoms with Crippen LogP contribution in [0.15, 0.2) is 0 Å². The number of nitrogens with one attached hydrogen (secondary N) is 1. The zero-order valence-corrected chi connectivity index (χ0v) is 7.75. The van der Waals surface area contributed by atoms with Gasteiger partial charge in [-0.2, -0.15) is 0 Å². The van der Waals surface area contributed by atoms with Gasteiger partial charge in [-0.25, -0.2) is 4.79 Å². The van der Waals surface area contributed by atoms with Gasteiger partial charge in [-0.15, -0.1) is 0 Å². The summed E-state index contributed by atoms with van der Waals surface area (Å²) in [4.78, 5) is 13.2. The minimum absolute atomic E-state index is 0.0333. The Kier molecular flexibility index (Phi) is 2.15. The maximum atomic E-state index is 11.3. The minimum atomic E-state index is 0.0333. The fourth-order valence-electron chi connectivity index (χ4n) is 1.78. The molecule has 1 saturated carbocycles. The van der Waals surface area contributed by atoms with Crippen molar-refractivity contribution in [3.05, 3.63) is 0 Å². The minimum Gasteiger partial charge on any atom is -0.396 e. The van der Waals surface area contributed by atoms with E-state index in [0.717, 1.165) is 38.9 Å². The van der Waals surface area contributed by atoms with E-state index in [0.29, 0.717) is 0 Å². The third kappa shape index (κ3) is 1.77. The van der Waals surface area contributed by atoms with E-state index in [1.807, 2.05) is 4.90 Å². The monoisotopic (exact) mass is 184 g/mol. The van der Waals surface area contributed by atoms with Crippen molar-refractivity contribution in [2.45, 2.75) is 19.3 Å². The van der Waals surface area contributed by atoms with Gasteiger partial charge in [0.05, 0.1) is 6.61 Å². The smallest absolute Gasteiger partial charge is 0.317 e. The molecule has 0 atom stereocenters. The number of rotatable bonds is 3. The van der Waals surface area contributed by atoms with Crippen LogP contribution >= 0.6 is 0 Å². The van der Waals surface area contributed by atoms with Crippen LogP contribution in [-0.2, 0) is 0 Å². The number of amides is 2. The van der Waals surface area contributed by atoms with Crippen molar-refractivity contribution < 1.29 is 9.90 Å². The Balaban J connectivity index is 1.89. The van der Waals surface area contributed by atoms with Crippen molar-refractivity contribution >= 4 is 6.03 Å². The molecule has 0 unspecified atom stereocenters. The van der Waals surface area contributed by atoms with Crippen LogP contribution < -0.4 is 5.32 Å². The van der Waals surface area contributed by atoms with E-state index in [2.05, 4.69) is 5.32 Å². The summed E-state index contributed by atoms with van der Waals surface area (Å²) in [7, 11) is 0. The lowest BCUT2D eigenvalue weighted by atomic mass is 10.1. The molecule has 1 aliphatic heterocycles. The molecule has 2 fully saturated rings. The summed E-state index contributed by atoms with van der Waals surface area (Å²) in [6, 6.07) is 0.0333. The number of hydrogen-bond donors (Lipinski definition) is 2. The van der Waals surface area contributed by atoms with Crippen molar-refractivity contribution in [2.24, 2.45) is 5.41 Å². The Morgan fingerprint density at radius 2 is 2.31 bits per heavy atom. The molecule has 4 nitrogen and oxygen atoms in total. The molecule has 2 aliphatic rings. The molecule has 0 aromatic heterocycles. The highest BCUT2D eigenvalue weighted by Gasteiger charge is 2.44. The maximum Gasteiger partial charge on any atom is 0.317 e. The molecule has 13 heavy (non-hydrogen) atoms. The molecule has 2 N–H and O–H groups in total. The van der Waals surface area contributed by atoms with Crippen LogP contribution in [0.3, 0.4) is 0 Å². The Labute approximate surface area is 77.9 Å². The SMILES string of the molecule is O=C1NCCCN1CC1(CO)CC1. The average Bonchev–Trinajstić information content (AvgIpc) is 2.90. The van der Waals surface area contributed by atoms with Crippen molar-refractivity contribution in [3.63, 3.8) is 0 Å². The topological polar surface area (TPSA) is 52.6 Å². The summed E-state index contributed by atoms with van der Waals surface area (Å²) in [6.07, 6.45) is 3.15.